The number of hydrogen-bond acceptors (Lipinski definition) is 7. The van der Waals surface area contributed by atoms with E-state index in [2.05, 4.69) is 20.3 Å². The number of alkyl halides is 3. The number of aromatic hydroxyl groups is 2. The van der Waals surface area contributed by atoms with E-state index in [1.54, 1.807) is 0 Å². The molecule has 0 bridgehead atoms. The number of hydrogen-bond donors (Lipinski definition) is 3. The van der Waals surface area contributed by atoms with Gasteiger partial charge in [0.05, 0.1) is 16.6 Å². The summed E-state index contributed by atoms with van der Waals surface area (Å²) in [7, 11) is 0. The van der Waals surface area contributed by atoms with Crippen molar-refractivity contribution in [3.8, 4) is 28.7 Å². The molecule has 6 rings (SSSR count). The standard InChI is InChI=1S/C27H24F4N6O3/c28-18-6-5-15(10-17(18)27(29,30)31)24-34-19-11-21(38)22(39)12-20(19)37(24)23-7-8-32-26(35-23)33-16-2-1-9-36(13-16)25(40)14-3-4-14/h5-8,10-12,14,16,38-39H,1-4,9,13H2,(H,32,33,35). The van der Waals surface area contributed by atoms with Crippen molar-refractivity contribution < 1.29 is 32.6 Å². The molecule has 1 saturated heterocycles. The van der Waals surface area contributed by atoms with Crippen LogP contribution < -0.4 is 5.32 Å². The van der Waals surface area contributed by atoms with E-state index < -0.39 is 29.1 Å². The number of imidazole rings is 1. The number of aromatic nitrogens is 4. The number of piperidine rings is 1. The van der Waals surface area contributed by atoms with Gasteiger partial charge in [-0.3, -0.25) is 9.36 Å². The van der Waals surface area contributed by atoms with E-state index in [9.17, 15) is 32.6 Å². The molecule has 1 amide bonds. The largest absolute Gasteiger partial charge is 0.504 e. The number of benzene rings is 2. The molecular weight excluding hydrogens is 532 g/mol. The van der Waals surface area contributed by atoms with Gasteiger partial charge in [-0.25, -0.2) is 14.4 Å². The van der Waals surface area contributed by atoms with Crippen molar-refractivity contribution >= 4 is 22.9 Å². The number of phenolic OH excluding ortho intramolecular Hbond substituents is 2. The van der Waals surface area contributed by atoms with Crippen molar-refractivity contribution in [2.45, 2.75) is 37.9 Å². The van der Waals surface area contributed by atoms with Gasteiger partial charge in [-0.2, -0.15) is 18.2 Å². The highest BCUT2D eigenvalue weighted by molar-refractivity contribution is 5.86. The van der Waals surface area contributed by atoms with E-state index in [4.69, 9.17) is 0 Å². The number of carbonyl (C=O) groups is 1. The lowest BCUT2D eigenvalue weighted by molar-refractivity contribution is -0.140. The summed E-state index contributed by atoms with van der Waals surface area (Å²) in [5.74, 6) is -1.66. The van der Waals surface area contributed by atoms with Crippen LogP contribution in [-0.4, -0.2) is 59.7 Å². The number of carbonyl (C=O) groups excluding carboxylic acids is 1. The van der Waals surface area contributed by atoms with Crippen molar-refractivity contribution in [3.05, 3.63) is 54.0 Å². The van der Waals surface area contributed by atoms with Crippen LogP contribution in [0.4, 0.5) is 23.5 Å². The zero-order valence-electron chi connectivity index (χ0n) is 21.0. The molecule has 2 fully saturated rings. The van der Waals surface area contributed by atoms with E-state index in [0.717, 1.165) is 31.7 Å². The summed E-state index contributed by atoms with van der Waals surface area (Å²) in [6, 6.07) is 6.33. The van der Waals surface area contributed by atoms with Gasteiger partial charge in [-0.1, -0.05) is 0 Å². The minimum Gasteiger partial charge on any atom is -0.504 e. The van der Waals surface area contributed by atoms with Gasteiger partial charge in [-0.05, 0) is 49.9 Å². The first-order valence-corrected chi connectivity index (χ1v) is 12.8. The molecule has 1 saturated carbocycles. The number of nitrogens with zero attached hydrogens (tertiary/aromatic N) is 5. The Morgan fingerprint density at radius 2 is 1.80 bits per heavy atom. The Morgan fingerprint density at radius 1 is 1.02 bits per heavy atom. The second-order valence-electron chi connectivity index (χ2n) is 10.1. The van der Waals surface area contributed by atoms with E-state index in [0.29, 0.717) is 25.2 Å². The van der Waals surface area contributed by atoms with Crippen LogP contribution in [0.15, 0.2) is 42.6 Å². The van der Waals surface area contributed by atoms with E-state index in [1.165, 1.54) is 29.0 Å². The summed E-state index contributed by atoms with van der Waals surface area (Å²) >= 11 is 0. The number of amides is 1. The molecule has 208 valence electrons. The summed E-state index contributed by atoms with van der Waals surface area (Å²) in [4.78, 5) is 27.6. The number of anilines is 1. The number of halogens is 4. The number of fused-ring (bicyclic) bond motifs is 1. The van der Waals surface area contributed by atoms with Crippen molar-refractivity contribution in [1.82, 2.24) is 24.4 Å². The van der Waals surface area contributed by atoms with Gasteiger partial charge >= 0.3 is 6.18 Å². The molecular formula is C27H24F4N6O3. The SMILES string of the molecule is O=C(C1CC1)N1CCCC(Nc2nccc(-n3c(-c4ccc(F)c(C(F)(F)F)c4)nc4cc(O)c(O)cc43)n2)C1. The number of likely N-dealkylation sites (tertiary alicyclic amines) is 1. The second kappa shape index (κ2) is 9.65. The van der Waals surface area contributed by atoms with Crippen LogP contribution in [0, 0.1) is 11.7 Å². The molecule has 2 aromatic carbocycles. The van der Waals surface area contributed by atoms with Crippen LogP contribution >= 0.6 is 0 Å². The number of nitrogens with one attached hydrogen (secondary N) is 1. The highest BCUT2D eigenvalue weighted by Gasteiger charge is 2.36. The molecule has 13 heteroatoms. The normalized spacial score (nSPS) is 17.8. The monoisotopic (exact) mass is 556 g/mol. The molecule has 0 spiro atoms. The summed E-state index contributed by atoms with van der Waals surface area (Å²) in [6.07, 6.45) is -0.0148. The molecule has 2 aromatic heterocycles. The molecule has 1 unspecified atom stereocenters. The predicted octanol–water partition coefficient (Wildman–Crippen LogP) is 4.86. The number of phenols is 2. The quantitative estimate of drug-likeness (QED) is 0.237. The molecule has 0 radical (unpaired) electrons. The van der Waals surface area contributed by atoms with Crippen LogP contribution in [0.2, 0.25) is 0 Å². The molecule has 9 nitrogen and oxygen atoms in total. The Balaban J connectivity index is 1.40. The van der Waals surface area contributed by atoms with Crippen LogP contribution in [0.5, 0.6) is 11.5 Å². The Bertz CT molecular complexity index is 1620. The molecule has 1 aliphatic heterocycles. The van der Waals surface area contributed by atoms with Gasteiger partial charge in [0.15, 0.2) is 11.5 Å². The minimum absolute atomic E-state index is 0.0194. The van der Waals surface area contributed by atoms with Gasteiger partial charge < -0.3 is 20.4 Å². The van der Waals surface area contributed by atoms with Gasteiger partial charge in [0, 0.05) is 48.9 Å². The van der Waals surface area contributed by atoms with Gasteiger partial charge in [0.25, 0.3) is 0 Å². The average molecular weight is 557 g/mol. The Hall–Kier alpha value is -4.42. The Morgan fingerprint density at radius 3 is 2.55 bits per heavy atom. The molecule has 4 aromatic rings. The molecule has 1 aliphatic carbocycles. The van der Waals surface area contributed by atoms with Crippen molar-refractivity contribution in [2.75, 3.05) is 18.4 Å². The Kier molecular flexibility index (Phi) is 6.23. The number of rotatable bonds is 5. The second-order valence-corrected chi connectivity index (χ2v) is 10.1. The molecule has 40 heavy (non-hydrogen) atoms. The van der Waals surface area contributed by atoms with Crippen LogP contribution in [0.3, 0.4) is 0 Å². The lowest BCUT2D eigenvalue weighted by Crippen LogP contribution is -2.45. The lowest BCUT2D eigenvalue weighted by atomic mass is 10.1. The summed E-state index contributed by atoms with van der Waals surface area (Å²) in [5, 5.41) is 23.4. The first kappa shape index (κ1) is 25.8. The third-order valence-corrected chi connectivity index (χ3v) is 7.14. The lowest BCUT2D eigenvalue weighted by Gasteiger charge is -2.33. The third-order valence-electron chi connectivity index (χ3n) is 7.14. The predicted molar refractivity (Wildman–Crippen MR) is 136 cm³/mol. The first-order valence-electron chi connectivity index (χ1n) is 12.8. The fourth-order valence-corrected chi connectivity index (χ4v) is 5.02. The van der Waals surface area contributed by atoms with Crippen LogP contribution in [0.1, 0.15) is 31.2 Å². The highest BCUT2D eigenvalue weighted by Crippen LogP contribution is 2.38. The first-order chi connectivity index (χ1) is 19.1. The summed E-state index contributed by atoms with van der Waals surface area (Å²) in [6.45, 7) is 1.21. The topological polar surface area (TPSA) is 116 Å². The summed E-state index contributed by atoms with van der Waals surface area (Å²) in [5.41, 5.74) is -1.11. The maximum atomic E-state index is 14.0. The van der Waals surface area contributed by atoms with Crippen molar-refractivity contribution in [1.29, 1.82) is 0 Å². The average Bonchev–Trinajstić information content (AvgIpc) is 3.70. The van der Waals surface area contributed by atoms with Gasteiger partial charge in [-0.15, -0.1) is 0 Å². The van der Waals surface area contributed by atoms with Crippen LogP contribution in [0.25, 0.3) is 28.2 Å². The van der Waals surface area contributed by atoms with E-state index in [-0.39, 0.29) is 52.1 Å². The highest BCUT2D eigenvalue weighted by atomic mass is 19.4. The smallest absolute Gasteiger partial charge is 0.419 e. The molecule has 2 aliphatic rings. The summed E-state index contributed by atoms with van der Waals surface area (Å²) < 4.78 is 55.9. The maximum absolute atomic E-state index is 14.0. The maximum Gasteiger partial charge on any atom is 0.419 e. The van der Waals surface area contributed by atoms with Gasteiger partial charge in [0.1, 0.15) is 17.5 Å². The zero-order chi connectivity index (χ0) is 28.2. The van der Waals surface area contributed by atoms with Crippen LogP contribution in [-0.2, 0) is 11.0 Å². The fraction of sp³-hybridized carbons (Fsp3) is 0.333. The van der Waals surface area contributed by atoms with E-state index in [1.807, 2.05) is 4.90 Å². The fourth-order valence-electron chi connectivity index (χ4n) is 5.02. The molecule has 3 heterocycles. The third kappa shape index (κ3) is 4.87. The Labute approximate surface area is 225 Å². The van der Waals surface area contributed by atoms with Crippen molar-refractivity contribution in [2.24, 2.45) is 5.92 Å². The van der Waals surface area contributed by atoms with E-state index >= 15 is 0 Å². The van der Waals surface area contributed by atoms with Gasteiger partial charge in [0.2, 0.25) is 11.9 Å². The molecule has 1 atom stereocenters. The van der Waals surface area contributed by atoms with Crippen molar-refractivity contribution in [3.63, 3.8) is 0 Å². The zero-order valence-corrected chi connectivity index (χ0v) is 21.0. The minimum atomic E-state index is -4.94. The molecule has 3 N–H and O–H groups in total.